The third kappa shape index (κ3) is 7.07. The average molecular weight is 468 g/mol. The lowest BCUT2D eigenvalue weighted by molar-refractivity contribution is -0.116. The molecule has 0 saturated carbocycles. The molecule has 0 radical (unpaired) electrons. The van der Waals surface area contributed by atoms with Gasteiger partial charge in [0.2, 0.25) is 5.91 Å². The van der Waals surface area contributed by atoms with E-state index in [9.17, 15) is 9.59 Å². The van der Waals surface area contributed by atoms with Crippen LogP contribution < -0.4 is 20.1 Å². The van der Waals surface area contributed by atoms with E-state index in [0.29, 0.717) is 61.9 Å². The molecule has 0 aromatic heterocycles. The lowest BCUT2D eigenvalue weighted by Crippen LogP contribution is -2.38. The predicted molar refractivity (Wildman–Crippen MR) is 132 cm³/mol. The number of carbonyl (C=O) groups excluding carboxylic acids is 2. The Hall–Kier alpha value is -3.36. The van der Waals surface area contributed by atoms with Gasteiger partial charge < -0.3 is 24.8 Å². The largest absolute Gasteiger partial charge is 0.493 e. The first-order chi connectivity index (χ1) is 16.5. The van der Waals surface area contributed by atoms with Crippen LogP contribution in [0.15, 0.2) is 49.1 Å². The van der Waals surface area contributed by atoms with E-state index in [1.165, 1.54) is 7.11 Å². The second-order valence-electron chi connectivity index (χ2n) is 8.00. The number of hydrogen-bond donors (Lipinski definition) is 2. The Bertz CT molecular complexity index is 1000. The van der Waals surface area contributed by atoms with Crippen LogP contribution in [0.25, 0.3) is 0 Å². The summed E-state index contributed by atoms with van der Waals surface area (Å²) in [7, 11) is 3.11. The zero-order valence-electron chi connectivity index (χ0n) is 19.9. The number of benzene rings is 2. The number of hydrogen-bond acceptors (Lipinski definition) is 6. The monoisotopic (exact) mass is 467 g/mol. The number of anilines is 1. The molecule has 8 heteroatoms. The minimum atomic E-state index is -0.230. The first-order valence-electron chi connectivity index (χ1n) is 11.4. The fourth-order valence-electron chi connectivity index (χ4n) is 3.83. The van der Waals surface area contributed by atoms with Crippen molar-refractivity contribution in [2.24, 2.45) is 0 Å². The summed E-state index contributed by atoms with van der Waals surface area (Å²) in [5.41, 5.74) is 2.88. The van der Waals surface area contributed by atoms with E-state index in [-0.39, 0.29) is 11.8 Å². The van der Waals surface area contributed by atoms with Gasteiger partial charge in [0.25, 0.3) is 5.91 Å². The number of amides is 2. The second kappa shape index (κ2) is 12.8. The lowest BCUT2D eigenvalue weighted by Gasteiger charge is -2.26. The first kappa shape index (κ1) is 25.3. The Morgan fingerprint density at radius 1 is 1.15 bits per heavy atom. The number of methoxy groups -OCH3 is 2. The highest BCUT2D eigenvalue weighted by atomic mass is 16.5. The van der Waals surface area contributed by atoms with Gasteiger partial charge in [0.05, 0.1) is 27.4 Å². The summed E-state index contributed by atoms with van der Waals surface area (Å²) in [5, 5.41) is 5.87. The van der Waals surface area contributed by atoms with Crippen LogP contribution in [0.3, 0.4) is 0 Å². The molecule has 1 fully saturated rings. The van der Waals surface area contributed by atoms with E-state index in [4.69, 9.17) is 14.2 Å². The maximum Gasteiger partial charge on any atom is 0.251 e. The zero-order valence-corrected chi connectivity index (χ0v) is 19.9. The standard InChI is InChI=1S/C26H33N3O5/c1-4-6-20-16-21(17-23(32-2)25(20)33-3)26(31)27-18-19-7-5-8-22(15-19)28-24(30)9-10-29-11-13-34-14-12-29/h4-5,7-8,15-17H,1,6,9-14,18H2,2-3H3,(H,27,31)(H,28,30). The smallest absolute Gasteiger partial charge is 0.251 e. The van der Waals surface area contributed by atoms with E-state index < -0.39 is 0 Å². The van der Waals surface area contributed by atoms with Crippen molar-refractivity contribution in [3.05, 3.63) is 65.7 Å². The molecule has 1 aliphatic heterocycles. The molecule has 8 nitrogen and oxygen atoms in total. The van der Waals surface area contributed by atoms with Crippen LogP contribution in [-0.2, 0) is 22.5 Å². The van der Waals surface area contributed by atoms with Crippen LogP contribution in [0.2, 0.25) is 0 Å². The van der Waals surface area contributed by atoms with Crippen molar-refractivity contribution in [2.75, 3.05) is 52.4 Å². The summed E-state index contributed by atoms with van der Waals surface area (Å²) in [4.78, 5) is 27.4. The molecule has 1 aliphatic rings. The summed E-state index contributed by atoms with van der Waals surface area (Å²) >= 11 is 0. The Morgan fingerprint density at radius 2 is 1.94 bits per heavy atom. The molecular weight excluding hydrogens is 434 g/mol. The highest BCUT2D eigenvalue weighted by molar-refractivity contribution is 5.95. The molecule has 3 rings (SSSR count). The van der Waals surface area contributed by atoms with Crippen molar-refractivity contribution in [3.63, 3.8) is 0 Å². The molecular formula is C26H33N3O5. The highest BCUT2D eigenvalue weighted by Gasteiger charge is 2.16. The van der Waals surface area contributed by atoms with E-state index in [1.54, 1.807) is 25.3 Å². The number of rotatable bonds is 11. The van der Waals surface area contributed by atoms with E-state index in [2.05, 4.69) is 22.1 Å². The van der Waals surface area contributed by atoms with E-state index in [0.717, 1.165) is 24.2 Å². The fraction of sp³-hybridized carbons (Fsp3) is 0.385. The average Bonchev–Trinajstić information content (AvgIpc) is 2.86. The number of morpholine rings is 1. The number of carbonyl (C=O) groups is 2. The number of allylic oxidation sites excluding steroid dienone is 1. The van der Waals surface area contributed by atoms with E-state index in [1.807, 2.05) is 24.3 Å². The highest BCUT2D eigenvalue weighted by Crippen LogP contribution is 2.33. The molecule has 1 heterocycles. The van der Waals surface area contributed by atoms with Gasteiger partial charge >= 0.3 is 0 Å². The van der Waals surface area contributed by atoms with Crippen LogP contribution in [0.4, 0.5) is 5.69 Å². The number of nitrogens with zero attached hydrogens (tertiary/aromatic N) is 1. The van der Waals surface area contributed by atoms with E-state index >= 15 is 0 Å². The van der Waals surface area contributed by atoms with Gasteiger partial charge in [0.1, 0.15) is 0 Å². The van der Waals surface area contributed by atoms with Crippen molar-refractivity contribution in [1.29, 1.82) is 0 Å². The molecule has 34 heavy (non-hydrogen) atoms. The van der Waals surface area contributed by atoms with Crippen LogP contribution in [-0.4, -0.2) is 63.8 Å². The minimum Gasteiger partial charge on any atom is -0.493 e. The van der Waals surface area contributed by atoms with Crippen LogP contribution in [0.1, 0.15) is 27.9 Å². The quantitative estimate of drug-likeness (QED) is 0.494. The normalized spacial score (nSPS) is 13.7. The minimum absolute atomic E-state index is 0.0345. The summed E-state index contributed by atoms with van der Waals surface area (Å²) in [6, 6.07) is 10.9. The molecule has 0 bridgehead atoms. The van der Waals surface area contributed by atoms with Crippen LogP contribution in [0.5, 0.6) is 11.5 Å². The molecule has 2 aromatic carbocycles. The van der Waals surface area contributed by atoms with Gasteiger partial charge in [-0.05, 0) is 36.2 Å². The molecule has 0 spiro atoms. The molecule has 0 unspecified atom stereocenters. The lowest BCUT2D eigenvalue weighted by atomic mass is 10.0. The molecule has 2 N–H and O–H groups in total. The summed E-state index contributed by atoms with van der Waals surface area (Å²) in [6.07, 6.45) is 2.72. The third-order valence-corrected chi connectivity index (χ3v) is 5.60. The van der Waals surface area contributed by atoms with Gasteiger partial charge in [-0.15, -0.1) is 6.58 Å². The molecule has 2 aromatic rings. The van der Waals surface area contributed by atoms with Crippen LogP contribution >= 0.6 is 0 Å². The first-order valence-corrected chi connectivity index (χ1v) is 11.4. The maximum atomic E-state index is 12.8. The molecule has 0 aliphatic carbocycles. The SMILES string of the molecule is C=CCc1cc(C(=O)NCc2cccc(NC(=O)CCN3CCOCC3)c2)cc(OC)c1OC. The second-order valence-corrected chi connectivity index (χ2v) is 8.00. The van der Waals surface area contributed by atoms with Crippen molar-refractivity contribution in [1.82, 2.24) is 10.2 Å². The van der Waals surface area contributed by atoms with Crippen molar-refractivity contribution < 1.29 is 23.8 Å². The van der Waals surface area contributed by atoms with Gasteiger partial charge in [-0.25, -0.2) is 0 Å². The zero-order chi connectivity index (χ0) is 24.3. The molecule has 0 atom stereocenters. The summed E-state index contributed by atoms with van der Waals surface area (Å²) in [6.45, 7) is 7.95. The Balaban J connectivity index is 1.57. The van der Waals surface area contributed by atoms with Crippen molar-refractivity contribution in [2.45, 2.75) is 19.4 Å². The Kier molecular flexibility index (Phi) is 9.49. The van der Waals surface area contributed by atoms with Crippen molar-refractivity contribution in [3.8, 4) is 11.5 Å². The van der Waals surface area contributed by atoms with Gasteiger partial charge in [0.15, 0.2) is 11.5 Å². The molecule has 1 saturated heterocycles. The molecule has 2 amide bonds. The maximum absolute atomic E-state index is 12.8. The number of nitrogens with one attached hydrogen (secondary N) is 2. The number of ether oxygens (including phenoxy) is 3. The Morgan fingerprint density at radius 3 is 2.65 bits per heavy atom. The Labute approximate surface area is 200 Å². The summed E-state index contributed by atoms with van der Waals surface area (Å²) < 4.78 is 16.2. The van der Waals surface area contributed by atoms with Gasteiger partial charge in [-0.3, -0.25) is 14.5 Å². The summed E-state index contributed by atoms with van der Waals surface area (Å²) in [5.74, 6) is 0.823. The van der Waals surface area contributed by atoms with Gasteiger partial charge in [0, 0.05) is 49.4 Å². The molecule has 182 valence electrons. The van der Waals surface area contributed by atoms with Crippen molar-refractivity contribution >= 4 is 17.5 Å². The fourth-order valence-corrected chi connectivity index (χ4v) is 3.83. The topological polar surface area (TPSA) is 89.1 Å². The van der Waals surface area contributed by atoms with Gasteiger partial charge in [-0.2, -0.15) is 0 Å². The van der Waals surface area contributed by atoms with Crippen LogP contribution in [0, 0.1) is 0 Å². The third-order valence-electron chi connectivity index (χ3n) is 5.60. The predicted octanol–water partition coefficient (Wildman–Crippen LogP) is 3.02. The van der Waals surface area contributed by atoms with Gasteiger partial charge in [-0.1, -0.05) is 18.2 Å².